The minimum Gasteiger partial charge on any atom is -0.387 e. The van der Waals surface area contributed by atoms with Crippen molar-refractivity contribution >= 4 is 5.84 Å². The third kappa shape index (κ3) is 1.39. The van der Waals surface area contributed by atoms with Crippen molar-refractivity contribution < 1.29 is 0 Å². The van der Waals surface area contributed by atoms with Crippen molar-refractivity contribution in [2.45, 2.75) is 33.7 Å². The number of aliphatic imine (C=N–C) groups is 1. The Morgan fingerprint density at radius 3 is 2.18 bits per heavy atom. The summed E-state index contributed by atoms with van der Waals surface area (Å²) in [6, 6.07) is 0.404. The molecular formula is C9H18N2. The molecule has 0 radical (unpaired) electrons. The van der Waals surface area contributed by atoms with Crippen LogP contribution in [0.4, 0.5) is 0 Å². The zero-order valence-electron chi connectivity index (χ0n) is 7.83. The van der Waals surface area contributed by atoms with Gasteiger partial charge in [-0.2, -0.15) is 0 Å². The molecule has 1 rings (SSSR count). The number of rotatable bonds is 0. The van der Waals surface area contributed by atoms with Crippen molar-refractivity contribution in [3.63, 3.8) is 0 Å². The molecule has 0 aromatic carbocycles. The maximum atomic E-state index is 5.77. The Morgan fingerprint density at radius 1 is 1.09 bits per heavy atom. The lowest BCUT2D eigenvalue weighted by Gasteiger charge is -2.33. The maximum absolute atomic E-state index is 5.77. The molecule has 2 heteroatoms. The molecule has 4 unspecified atom stereocenters. The van der Waals surface area contributed by atoms with E-state index in [1.807, 2.05) is 0 Å². The molecule has 2 nitrogen and oxygen atoms in total. The lowest BCUT2D eigenvalue weighted by Crippen LogP contribution is -2.39. The van der Waals surface area contributed by atoms with Gasteiger partial charge in [-0.3, -0.25) is 4.99 Å². The first-order chi connectivity index (χ1) is 5.04. The van der Waals surface area contributed by atoms with Gasteiger partial charge in [0.05, 0.1) is 11.9 Å². The summed E-state index contributed by atoms with van der Waals surface area (Å²) >= 11 is 0. The minimum atomic E-state index is 0.404. The average Bonchev–Trinajstić information content (AvgIpc) is 1.97. The second kappa shape index (κ2) is 2.84. The number of hydrogen-bond acceptors (Lipinski definition) is 2. The van der Waals surface area contributed by atoms with Crippen LogP contribution < -0.4 is 5.73 Å². The van der Waals surface area contributed by atoms with Gasteiger partial charge in [-0.1, -0.05) is 20.8 Å². The molecule has 2 N–H and O–H groups in total. The van der Waals surface area contributed by atoms with Crippen LogP contribution in [0.2, 0.25) is 0 Å². The average molecular weight is 154 g/mol. The molecule has 4 atom stereocenters. The Morgan fingerprint density at radius 2 is 1.64 bits per heavy atom. The number of nitrogens with zero attached hydrogens (tertiary/aromatic N) is 1. The SMILES string of the molecule is CC1N=C(N)C(C)C(C)C1C. The van der Waals surface area contributed by atoms with Crippen LogP contribution in [0, 0.1) is 17.8 Å². The number of amidine groups is 1. The predicted octanol–water partition coefficient (Wildman–Crippen LogP) is 1.65. The first-order valence-electron chi connectivity index (χ1n) is 4.37. The van der Waals surface area contributed by atoms with Crippen LogP contribution in [0.15, 0.2) is 4.99 Å². The highest BCUT2D eigenvalue weighted by molar-refractivity contribution is 5.83. The number of nitrogens with two attached hydrogens (primary N) is 1. The van der Waals surface area contributed by atoms with Crippen LogP contribution in [-0.2, 0) is 0 Å². The molecule has 0 aromatic rings. The summed E-state index contributed by atoms with van der Waals surface area (Å²) in [4.78, 5) is 4.39. The van der Waals surface area contributed by atoms with Gasteiger partial charge >= 0.3 is 0 Å². The van der Waals surface area contributed by atoms with Gasteiger partial charge in [0.25, 0.3) is 0 Å². The Hall–Kier alpha value is -0.530. The van der Waals surface area contributed by atoms with Crippen molar-refractivity contribution in [2.24, 2.45) is 28.5 Å². The summed E-state index contributed by atoms with van der Waals surface area (Å²) in [5.74, 6) is 2.63. The van der Waals surface area contributed by atoms with E-state index >= 15 is 0 Å². The van der Waals surface area contributed by atoms with Crippen LogP contribution in [-0.4, -0.2) is 11.9 Å². The second-order valence-electron chi connectivity index (χ2n) is 3.80. The van der Waals surface area contributed by atoms with E-state index in [0.29, 0.717) is 23.8 Å². The summed E-state index contributed by atoms with van der Waals surface area (Å²) in [6.07, 6.45) is 0. The molecule has 1 aliphatic rings. The van der Waals surface area contributed by atoms with E-state index in [0.717, 1.165) is 5.84 Å². The highest BCUT2D eigenvalue weighted by Crippen LogP contribution is 2.29. The van der Waals surface area contributed by atoms with Gasteiger partial charge in [-0.25, -0.2) is 0 Å². The van der Waals surface area contributed by atoms with Gasteiger partial charge in [0, 0.05) is 5.92 Å². The first kappa shape index (κ1) is 8.57. The van der Waals surface area contributed by atoms with E-state index in [9.17, 15) is 0 Å². The lowest BCUT2D eigenvalue weighted by atomic mass is 9.78. The van der Waals surface area contributed by atoms with Crippen molar-refractivity contribution in [1.29, 1.82) is 0 Å². The van der Waals surface area contributed by atoms with Crippen LogP contribution in [0.3, 0.4) is 0 Å². The highest BCUT2D eigenvalue weighted by Gasteiger charge is 2.30. The number of hydrogen-bond donors (Lipinski definition) is 1. The molecule has 64 valence electrons. The first-order valence-corrected chi connectivity index (χ1v) is 4.37. The summed E-state index contributed by atoms with van der Waals surface area (Å²) in [5.41, 5.74) is 5.77. The van der Waals surface area contributed by atoms with Crippen molar-refractivity contribution in [3.8, 4) is 0 Å². The molecule has 1 heterocycles. The van der Waals surface area contributed by atoms with Gasteiger partial charge in [-0.05, 0) is 18.8 Å². The summed E-state index contributed by atoms with van der Waals surface area (Å²) in [7, 11) is 0. The Balaban J connectivity index is 2.83. The van der Waals surface area contributed by atoms with Crippen molar-refractivity contribution in [1.82, 2.24) is 0 Å². The van der Waals surface area contributed by atoms with E-state index < -0.39 is 0 Å². The molecule has 0 spiro atoms. The zero-order valence-corrected chi connectivity index (χ0v) is 7.83. The molecule has 11 heavy (non-hydrogen) atoms. The molecule has 0 aromatic heterocycles. The van der Waals surface area contributed by atoms with Gasteiger partial charge < -0.3 is 5.73 Å². The van der Waals surface area contributed by atoms with E-state index in [1.165, 1.54) is 0 Å². The summed E-state index contributed by atoms with van der Waals surface area (Å²) in [5, 5.41) is 0. The molecule has 0 aliphatic carbocycles. The van der Waals surface area contributed by atoms with Gasteiger partial charge in [-0.15, -0.1) is 0 Å². The van der Waals surface area contributed by atoms with Crippen LogP contribution in [0.5, 0.6) is 0 Å². The molecule has 0 saturated carbocycles. The van der Waals surface area contributed by atoms with Crippen LogP contribution in [0.25, 0.3) is 0 Å². The fraction of sp³-hybridized carbons (Fsp3) is 0.889. The third-order valence-electron chi connectivity index (χ3n) is 3.20. The Bertz CT molecular complexity index is 174. The predicted molar refractivity (Wildman–Crippen MR) is 48.6 cm³/mol. The van der Waals surface area contributed by atoms with Crippen molar-refractivity contribution in [2.75, 3.05) is 0 Å². The Labute approximate surface area is 68.9 Å². The van der Waals surface area contributed by atoms with Gasteiger partial charge in [0.15, 0.2) is 0 Å². The fourth-order valence-corrected chi connectivity index (χ4v) is 1.63. The van der Waals surface area contributed by atoms with Crippen molar-refractivity contribution in [3.05, 3.63) is 0 Å². The molecule has 1 aliphatic heterocycles. The van der Waals surface area contributed by atoms with E-state index in [1.54, 1.807) is 0 Å². The minimum absolute atomic E-state index is 0.404. The highest BCUT2D eigenvalue weighted by atomic mass is 14.9. The Kier molecular flexibility index (Phi) is 2.21. The molecule has 0 fully saturated rings. The largest absolute Gasteiger partial charge is 0.387 e. The van der Waals surface area contributed by atoms with Crippen LogP contribution in [0.1, 0.15) is 27.7 Å². The van der Waals surface area contributed by atoms with E-state index in [-0.39, 0.29) is 0 Å². The van der Waals surface area contributed by atoms with Gasteiger partial charge in [0.2, 0.25) is 0 Å². The molecule has 0 bridgehead atoms. The smallest absolute Gasteiger partial charge is 0.0971 e. The standard InChI is InChI=1S/C9H18N2/c1-5-6(2)8(4)11-9(10)7(5)3/h5-8H,1-4H3,(H2,10,11). The second-order valence-corrected chi connectivity index (χ2v) is 3.80. The third-order valence-corrected chi connectivity index (χ3v) is 3.20. The van der Waals surface area contributed by atoms with E-state index in [4.69, 9.17) is 5.73 Å². The quantitative estimate of drug-likeness (QED) is 0.566. The zero-order chi connectivity index (χ0) is 8.59. The fourth-order valence-electron chi connectivity index (χ4n) is 1.63. The maximum Gasteiger partial charge on any atom is 0.0971 e. The topological polar surface area (TPSA) is 38.4 Å². The molecule has 0 saturated heterocycles. The van der Waals surface area contributed by atoms with E-state index in [2.05, 4.69) is 32.7 Å². The van der Waals surface area contributed by atoms with Gasteiger partial charge in [0.1, 0.15) is 0 Å². The lowest BCUT2D eigenvalue weighted by molar-refractivity contribution is 0.275. The normalized spacial score (nSPS) is 45.3. The summed E-state index contributed by atoms with van der Waals surface area (Å²) < 4.78 is 0. The molecular weight excluding hydrogens is 136 g/mol. The summed E-state index contributed by atoms with van der Waals surface area (Å²) in [6.45, 7) is 8.81. The molecule has 0 amide bonds. The van der Waals surface area contributed by atoms with Crippen LogP contribution >= 0.6 is 0 Å². The monoisotopic (exact) mass is 154 g/mol.